The maximum atomic E-state index is 14.4. The summed E-state index contributed by atoms with van der Waals surface area (Å²) in [5.74, 6) is -1.35. The minimum Gasteiger partial charge on any atom is -0.481 e. The SMILES string of the molecule is CC(C)(C)C1(C)CC(C(CCCCCCCC(=O)O)(C(=O)O)C2CC(C)(C(C)(C)C)NC(C)(C(C)(C)C)C2)CC(C)(C(C)(C)C)N1. The number of hydrogen-bond donors (Lipinski definition) is 4. The lowest BCUT2D eigenvalue weighted by Gasteiger charge is -2.65. The molecule has 6 heteroatoms. The van der Waals surface area contributed by atoms with Crippen molar-refractivity contribution in [2.75, 3.05) is 0 Å². The largest absolute Gasteiger partial charge is 0.481 e. The molecular weight excluding hydrogens is 572 g/mol. The normalized spacial score (nSPS) is 34.6. The molecule has 4 N–H and O–H groups in total. The highest BCUT2D eigenvalue weighted by Gasteiger charge is 2.64. The summed E-state index contributed by atoms with van der Waals surface area (Å²) in [5, 5.41) is 29.2. The van der Waals surface area contributed by atoms with E-state index in [1.807, 2.05) is 0 Å². The van der Waals surface area contributed by atoms with Crippen LogP contribution in [0.3, 0.4) is 0 Å². The molecule has 2 fully saturated rings. The van der Waals surface area contributed by atoms with Gasteiger partial charge in [0.15, 0.2) is 0 Å². The highest BCUT2D eigenvalue weighted by atomic mass is 16.4. The van der Waals surface area contributed by atoms with Crippen molar-refractivity contribution in [3.8, 4) is 0 Å². The number of aliphatic carboxylic acids is 2. The number of unbranched alkanes of at least 4 members (excludes halogenated alkanes) is 4. The van der Waals surface area contributed by atoms with Crippen LogP contribution >= 0.6 is 0 Å². The molecule has 4 atom stereocenters. The van der Waals surface area contributed by atoms with Crippen LogP contribution in [0.25, 0.3) is 0 Å². The summed E-state index contributed by atoms with van der Waals surface area (Å²) in [7, 11) is 0. The number of piperidine rings is 2. The van der Waals surface area contributed by atoms with Gasteiger partial charge in [-0.2, -0.15) is 0 Å². The van der Waals surface area contributed by atoms with Gasteiger partial charge in [0.1, 0.15) is 0 Å². The third kappa shape index (κ3) is 8.17. The third-order valence-corrected chi connectivity index (χ3v) is 14.2. The topological polar surface area (TPSA) is 98.7 Å². The van der Waals surface area contributed by atoms with Crippen LogP contribution < -0.4 is 10.6 Å². The Balaban J connectivity index is 2.80. The Hall–Kier alpha value is -1.14. The average molecular weight is 649 g/mol. The highest BCUT2D eigenvalue weighted by molar-refractivity contribution is 5.76. The Morgan fingerprint density at radius 3 is 1.09 bits per heavy atom. The smallest absolute Gasteiger partial charge is 0.310 e. The van der Waals surface area contributed by atoms with Gasteiger partial charge in [0.2, 0.25) is 0 Å². The zero-order valence-corrected chi connectivity index (χ0v) is 33.1. The summed E-state index contributed by atoms with van der Waals surface area (Å²) in [4.78, 5) is 25.5. The number of rotatable bonds is 11. The molecule has 4 unspecified atom stereocenters. The van der Waals surface area contributed by atoms with E-state index in [2.05, 4.69) is 121 Å². The Kier molecular flexibility index (Phi) is 11.9. The van der Waals surface area contributed by atoms with Gasteiger partial charge in [-0.15, -0.1) is 0 Å². The van der Waals surface area contributed by atoms with Crippen LogP contribution in [0.15, 0.2) is 0 Å². The molecule has 2 saturated heterocycles. The quantitative estimate of drug-likeness (QED) is 0.166. The first-order valence-electron chi connectivity index (χ1n) is 18.4. The molecule has 2 rings (SSSR count). The minimum atomic E-state index is -0.886. The lowest BCUT2D eigenvalue weighted by atomic mass is 9.47. The standard InChI is InChI=1S/C40H76N2O4/c1-32(2,3)36(13)24-28(25-37(14,41-36)33(4,5)6)40(31(45)46,23-21-19-17-18-20-22-30(43)44)29-26-38(15,34(7,8)9)42-39(16,27-29)35(10,11)12/h28-29,41-42H,17-27H2,1-16H3,(H,43,44)(H,45,46). The average Bonchev–Trinajstić information content (AvgIpc) is 2.81. The molecule has 2 aliphatic rings. The second-order valence-corrected chi connectivity index (χ2v) is 20.8. The van der Waals surface area contributed by atoms with Crippen molar-refractivity contribution >= 4 is 11.9 Å². The maximum absolute atomic E-state index is 14.4. The van der Waals surface area contributed by atoms with Gasteiger partial charge in [-0.1, -0.05) is 109 Å². The van der Waals surface area contributed by atoms with Gasteiger partial charge < -0.3 is 20.8 Å². The van der Waals surface area contributed by atoms with Crippen molar-refractivity contribution in [3.05, 3.63) is 0 Å². The molecule has 2 heterocycles. The molecule has 0 aliphatic carbocycles. The molecule has 46 heavy (non-hydrogen) atoms. The van der Waals surface area contributed by atoms with Crippen LogP contribution in [-0.4, -0.2) is 44.3 Å². The Bertz CT molecular complexity index is 955. The van der Waals surface area contributed by atoms with Crippen molar-refractivity contribution in [1.82, 2.24) is 10.6 Å². The molecule has 270 valence electrons. The summed E-state index contributed by atoms with van der Waals surface area (Å²) in [6, 6.07) is 0. The number of nitrogens with one attached hydrogen (secondary N) is 2. The molecule has 0 aromatic rings. The van der Waals surface area contributed by atoms with Gasteiger partial charge in [0.25, 0.3) is 0 Å². The van der Waals surface area contributed by atoms with Gasteiger partial charge in [0.05, 0.1) is 5.41 Å². The van der Waals surface area contributed by atoms with Gasteiger partial charge in [0, 0.05) is 28.6 Å². The molecule has 2 aliphatic heterocycles. The fourth-order valence-corrected chi connectivity index (χ4v) is 8.66. The van der Waals surface area contributed by atoms with E-state index in [-0.39, 0.29) is 62.1 Å². The van der Waals surface area contributed by atoms with Gasteiger partial charge >= 0.3 is 11.9 Å². The zero-order valence-electron chi connectivity index (χ0n) is 33.1. The first-order chi connectivity index (χ1) is 20.4. The van der Waals surface area contributed by atoms with Crippen molar-refractivity contribution in [2.45, 2.75) is 204 Å². The lowest BCUT2D eigenvalue weighted by Crippen LogP contribution is -2.73. The van der Waals surface area contributed by atoms with Crippen molar-refractivity contribution in [3.63, 3.8) is 0 Å². The van der Waals surface area contributed by atoms with Crippen LogP contribution in [0.5, 0.6) is 0 Å². The van der Waals surface area contributed by atoms with E-state index in [1.54, 1.807) is 0 Å². The predicted molar refractivity (Wildman–Crippen MR) is 193 cm³/mol. The first kappa shape index (κ1) is 41.0. The van der Waals surface area contributed by atoms with Crippen LogP contribution in [0, 0.1) is 38.9 Å². The Morgan fingerprint density at radius 1 is 0.543 bits per heavy atom. The molecule has 0 aromatic carbocycles. The zero-order chi connectivity index (χ0) is 36.0. The highest BCUT2D eigenvalue weighted by Crippen LogP contribution is 2.61. The molecule has 0 amide bonds. The van der Waals surface area contributed by atoms with E-state index in [9.17, 15) is 14.7 Å². The summed E-state index contributed by atoms with van der Waals surface area (Å²) in [6.45, 7) is 37.1. The fourth-order valence-electron chi connectivity index (χ4n) is 8.66. The second-order valence-electron chi connectivity index (χ2n) is 20.8. The molecule has 0 spiro atoms. The van der Waals surface area contributed by atoms with Crippen molar-refractivity contribution in [2.24, 2.45) is 38.9 Å². The molecule has 6 nitrogen and oxygen atoms in total. The second kappa shape index (κ2) is 13.3. The Labute approximate surface area is 284 Å². The summed E-state index contributed by atoms with van der Waals surface area (Å²) < 4.78 is 0. The predicted octanol–water partition coefficient (Wildman–Crippen LogP) is 10.1. The molecule has 0 aromatic heterocycles. The molecule has 0 saturated carbocycles. The maximum Gasteiger partial charge on any atom is 0.310 e. The van der Waals surface area contributed by atoms with E-state index in [4.69, 9.17) is 5.11 Å². The molecular formula is C40H76N2O4. The van der Waals surface area contributed by atoms with E-state index in [0.29, 0.717) is 12.8 Å². The number of carboxylic acids is 2. The summed E-state index contributed by atoms with van der Waals surface area (Å²) in [6.07, 6.45) is 8.48. The lowest BCUT2D eigenvalue weighted by molar-refractivity contribution is -0.174. The van der Waals surface area contributed by atoms with E-state index < -0.39 is 17.4 Å². The van der Waals surface area contributed by atoms with Gasteiger partial charge in [-0.25, -0.2) is 0 Å². The number of carboxylic acid groups (broad SMARTS) is 2. The summed E-state index contributed by atoms with van der Waals surface area (Å²) in [5.41, 5.74) is -2.15. The first-order valence-corrected chi connectivity index (χ1v) is 18.4. The fraction of sp³-hybridized carbons (Fsp3) is 0.950. The van der Waals surface area contributed by atoms with Gasteiger partial charge in [-0.3, -0.25) is 9.59 Å². The molecule has 0 bridgehead atoms. The van der Waals surface area contributed by atoms with Crippen LogP contribution in [0.4, 0.5) is 0 Å². The Morgan fingerprint density at radius 2 is 0.826 bits per heavy atom. The van der Waals surface area contributed by atoms with Crippen LogP contribution in [-0.2, 0) is 9.59 Å². The van der Waals surface area contributed by atoms with Crippen molar-refractivity contribution in [1.29, 1.82) is 0 Å². The molecule has 0 radical (unpaired) electrons. The van der Waals surface area contributed by atoms with Crippen LogP contribution in [0.2, 0.25) is 0 Å². The monoisotopic (exact) mass is 649 g/mol. The van der Waals surface area contributed by atoms with Crippen LogP contribution in [0.1, 0.15) is 181 Å². The van der Waals surface area contributed by atoms with E-state index in [1.165, 1.54) is 0 Å². The third-order valence-electron chi connectivity index (χ3n) is 14.2. The number of carbonyl (C=O) groups is 2. The van der Waals surface area contributed by atoms with E-state index >= 15 is 0 Å². The van der Waals surface area contributed by atoms with Gasteiger partial charge in [-0.05, 0) is 99.7 Å². The number of hydrogen-bond acceptors (Lipinski definition) is 4. The summed E-state index contributed by atoms with van der Waals surface area (Å²) >= 11 is 0. The van der Waals surface area contributed by atoms with E-state index in [0.717, 1.165) is 51.4 Å². The minimum absolute atomic E-state index is 0.00301. The van der Waals surface area contributed by atoms with Crippen molar-refractivity contribution < 1.29 is 19.8 Å².